The van der Waals surface area contributed by atoms with Gasteiger partial charge < -0.3 is 20.4 Å². The molecule has 1 aliphatic heterocycles. The third kappa shape index (κ3) is 4.44. The third-order valence-corrected chi connectivity index (χ3v) is 4.98. The van der Waals surface area contributed by atoms with Crippen molar-refractivity contribution in [1.82, 2.24) is 14.5 Å². The molecule has 0 spiro atoms. The number of amides is 1. The van der Waals surface area contributed by atoms with Crippen LogP contribution in [0.1, 0.15) is 15.2 Å². The zero-order valence-corrected chi connectivity index (χ0v) is 14.8. The molecule has 0 unspecified atom stereocenters. The SMILES string of the molecule is Cn1ccnc(NC[C@H]2CN(Cc3cc(C(N)=O)cs3)CCO2)c1=O. The van der Waals surface area contributed by atoms with Gasteiger partial charge in [0, 0.05) is 55.9 Å². The zero-order chi connectivity index (χ0) is 17.8. The van der Waals surface area contributed by atoms with Crippen LogP contribution in [-0.4, -0.2) is 52.7 Å². The first-order valence-corrected chi connectivity index (χ1v) is 8.87. The van der Waals surface area contributed by atoms with Crippen molar-refractivity contribution in [3.8, 4) is 0 Å². The van der Waals surface area contributed by atoms with Crippen LogP contribution in [0.2, 0.25) is 0 Å². The van der Waals surface area contributed by atoms with E-state index in [0.29, 0.717) is 24.5 Å². The molecule has 2 aromatic rings. The van der Waals surface area contributed by atoms with E-state index < -0.39 is 5.91 Å². The summed E-state index contributed by atoms with van der Waals surface area (Å²) >= 11 is 1.53. The minimum Gasteiger partial charge on any atom is -0.374 e. The van der Waals surface area contributed by atoms with Crippen molar-refractivity contribution in [2.75, 3.05) is 31.6 Å². The normalized spacial score (nSPS) is 18.2. The van der Waals surface area contributed by atoms with Gasteiger partial charge in [-0.15, -0.1) is 11.3 Å². The highest BCUT2D eigenvalue weighted by atomic mass is 32.1. The second-order valence-electron chi connectivity index (χ2n) is 5.97. The van der Waals surface area contributed by atoms with Gasteiger partial charge in [0.1, 0.15) is 0 Å². The second kappa shape index (κ2) is 7.77. The second-order valence-corrected chi connectivity index (χ2v) is 6.96. The Morgan fingerprint density at radius 1 is 1.56 bits per heavy atom. The predicted octanol–water partition coefficient (Wildman–Crippen LogP) is 0.254. The number of morpholine rings is 1. The maximum absolute atomic E-state index is 12.0. The van der Waals surface area contributed by atoms with Gasteiger partial charge in [0.2, 0.25) is 5.91 Å². The number of nitrogens with two attached hydrogens (primary N) is 1. The van der Waals surface area contributed by atoms with E-state index in [0.717, 1.165) is 24.5 Å². The predicted molar refractivity (Wildman–Crippen MR) is 95.8 cm³/mol. The number of aryl methyl sites for hydroxylation is 1. The van der Waals surface area contributed by atoms with Gasteiger partial charge in [0.05, 0.1) is 18.3 Å². The molecule has 2 aromatic heterocycles. The number of nitrogens with zero attached hydrogens (tertiary/aromatic N) is 3. The Bertz CT molecular complexity index is 803. The smallest absolute Gasteiger partial charge is 0.293 e. The standard InChI is InChI=1S/C16H21N5O3S/c1-20-3-2-18-15(16(20)23)19-7-12-8-21(4-5-24-12)9-13-6-11(10-25-13)14(17)22/h2-3,6,10,12H,4-5,7-9H2,1H3,(H2,17,22)(H,18,19)/t12-/m0/s1. The van der Waals surface area contributed by atoms with E-state index in [1.807, 2.05) is 6.07 Å². The van der Waals surface area contributed by atoms with E-state index >= 15 is 0 Å². The molecule has 8 nitrogen and oxygen atoms in total. The molecule has 1 saturated heterocycles. The molecule has 1 aliphatic rings. The maximum atomic E-state index is 12.0. The minimum atomic E-state index is -0.400. The number of anilines is 1. The van der Waals surface area contributed by atoms with Crippen LogP contribution in [0.5, 0.6) is 0 Å². The van der Waals surface area contributed by atoms with Gasteiger partial charge in [-0.1, -0.05) is 0 Å². The molecular formula is C16H21N5O3S. The lowest BCUT2D eigenvalue weighted by Crippen LogP contribution is -2.45. The van der Waals surface area contributed by atoms with Crippen molar-refractivity contribution in [2.45, 2.75) is 12.6 Å². The highest BCUT2D eigenvalue weighted by molar-refractivity contribution is 7.10. The van der Waals surface area contributed by atoms with Crippen LogP contribution >= 0.6 is 11.3 Å². The molecule has 0 aromatic carbocycles. The zero-order valence-electron chi connectivity index (χ0n) is 14.0. The summed E-state index contributed by atoms with van der Waals surface area (Å²) in [6, 6.07) is 1.84. The van der Waals surface area contributed by atoms with E-state index in [-0.39, 0.29) is 11.7 Å². The Morgan fingerprint density at radius 2 is 2.40 bits per heavy atom. The van der Waals surface area contributed by atoms with Crippen LogP contribution in [0.25, 0.3) is 0 Å². The summed E-state index contributed by atoms with van der Waals surface area (Å²) in [5, 5.41) is 4.86. The number of hydrogen-bond donors (Lipinski definition) is 2. The Hall–Kier alpha value is -2.23. The van der Waals surface area contributed by atoms with Crippen LogP contribution in [0.15, 0.2) is 28.6 Å². The van der Waals surface area contributed by atoms with Crippen molar-refractivity contribution >= 4 is 23.1 Å². The van der Waals surface area contributed by atoms with Crippen molar-refractivity contribution in [3.05, 3.63) is 44.6 Å². The lowest BCUT2D eigenvalue weighted by atomic mass is 10.2. The molecule has 0 aliphatic carbocycles. The number of rotatable bonds is 6. The summed E-state index contributed by atoms with van der Waals surface area (Å²) in [6.45, 7) is 3.46. The summed E-state index contributed by atoms with van der Waals surface area (Å²) in [4.78, 5) is 30.6. The largest absolute Gasteiger partial charge is 0.374 e. The summed E-state index contributed by atoms with van der Waals surface area (Å²) < 4.78 is 7.25. The topological polar surface area (TPSA) is 102 Å². The molecule has 3 heterocycles. The lowest BCUT2D eigenvalue weighted by molar-refractivity contribution is -0.0237. The van der Waals surface area contributed by atoms with Crippen molar-refractivity contribution in [1.29, 1.82) is 0 Å². The highest BCUT2D eigenvalue weighted by Gasteiger charge is 2.21. The van der Waals surface area contributed by atoms with Gasteiger partial charge in [-0.25, -0.2) is 4.98 Å². The van der Waals surface area contributed by atoms with Gasteiger partial charge in [-0.05, 0) is 6.07 Å². The van der Waals surface area contributed by atoms with E-state index in [1.54, 1.807) is 24.8 Å². The average molecular weight is 363 g/mol. The number of aromatic nitrogens is 2. The first-order valence-electron chi connectivity index (χ1n) is 7.99. The van der Waals surface area contributed by atoms with Crippen LogP contribution in [0.4, 0.5) is 5.82 Å². The van der Waals surface area contributed by atoms with Gasteiger partial charge in [-0.3, -0.25) is 14.5 Å². The molecule has 134 valence electrons. The summed E-state index contributed by atoms with van der Waals surface area (Å²) in [6.07, 6.45) is 3.18. The van der Waals surface area contributed by atoms with Crippen LogP contribution in [0.3, 0.4) is 0 Å². The van der Waals surface area contributed by atoms with E-state index in [1.165, 1.54) is 15.9 Å². The number of carbonyl (C=O) groups is 1. The molecule has 0 radical (unpaired) electrons. The number of thiophene rings is 1. The van der Waals surface area contributed by atoms with Crippen molar-refractivity contribution in [3.63, 3.8) is 0 Å². The van der Waals surface area contributed by atoms with Gasteiger partial charge in [-0.2, -0.15) is 0 Å². The van der Waals surface area contributed by atoms with E-state index in [4.69, 9.17) is 10.5 Å². The molecule has 0 bridgehead atoms. The minimum absolute atomic E-state index is 0.0314. The maximum Gasteiger partial charge on any atom is 0.293 e. The molecule has 3 rings (SSSR count). The van der Waals surface area contributed by atoms with E-state index in [2.05, 4.69) is 15.2 Å². The summed E-state index contributed by atoms with van der Waals surface area (Å²) in [7, 11) is 1.69. The Labute approximate surface area is 149 Å². The third-order valence-electron chi connectivity index (χ3n) is 4.05. The Balaban J connectivity index is 1.54. The Kier molecular flexibility index (Phi) is 5.47. The molecule has 9 heteroatoms. The monoisotopic (exact) mass is 363 g/mol. The van der Waals surface area contributed by atoms with Crippen LogP contribution in [-0.2, 0) is 18.3 Å². The summed E-state index contributed by atoms with van der Waals surface area (Å²) in [5.74, 6) is -0.0708. The number of nitrogens with one attached hydrogen (secondary N) is 1. The summed E-state index contributed by atoms with van der Waals surface area (Å²) in [5.41, 5.74) is 5.69. The van der Waals surface area contributed by atoms with Gasteiger partial charge in [0.15, 0.2) is 5.82 Å². The Morgan fingerprint density at radius 3 is 3.16 bits per heavy atom. The molecule has 0 saturated carbocycles. The van der Waals surface area contributed by atoms with Crippen LogP contribution < -0.4 is 16.6 Å². The average Bonchev–Trinajstić information content (AvgIpc) is 3.05. The quantitative estimate of drug-likeness (QED) is 0.763. The van der Waals surface area contributed by atoms with Crippen molar-refractivity contribution in [2.24, 2.45) is 12.8 Å². The first-order chi connectivity index (χ1) is 12.0. The fraction of sp³-hybridized carbons (Fsp3) is 0.438. The van der Waals surface area contributed by atoms with Crippen molar-refractivity contribution < 1.29 is 9.53 Å². The molecule has 1 atom stereocenters. The first kappa shape index (κ1) is 17.6. The van der Waals surface area contributed by atoms with Gasteiger partial charge >= 0.3 is 0 Å². The fourth-order valence-electron chi connectivity index (χ4n) is 2.69. The molecular weight excluding hydrogens is 342 g/mol. The molecule has 3 N–H and O–H groups in total. The molecule has 1 fully saturated rings. The number of primary amides is 1. The molecule has 1 amide bonds. The number of ether oxygens (including phenoxy) is 1. The molecule has 25 heavy (non-hydrogen) atoms. The number of hydrogen-bond acceptors (Lipinski definition) is 7. The fourth-order valence-corrected chi connectivity index (χ4v) is 3.60. The van der Waals surface area contributed by atoms with E-state index in [9.17, 15) is 9.59 Å². The van der Waals surface area contributed by atoms with Crippen LogP contribution in [0, 0.1) is 0 Å². The number of carbonyl (C=O) groups excluding carboxylic acids is 1. The van der Waals surface area contributed by atoms with Gasteiger partial charge in [0.25, 0.3) is 5.56 Å². The lowest BCUT2D eigenvalue weighted by Gasteiger charge is -2.32. The highest BCUT2D eigenvalue weighted by Crippen LogP contribution is 2.18.